The number of carbonyl (C=O) groups excluding carboxylic acids is 2. The van der Waals surface area contributed by atoms with E-state index in [0.717, 1.165) is 17.0 Å². The van der Waals surface area contributed by atoms with E-state index in [9.17, 15) is 14.0 Å². The molecular weight excluding hydrogens is 429 g/mol. The number of hydrogen-bond donors (Lipinski definition) is 1. The van der Waals surface area contributed by atoms with Crippen molar-refractivity contribution in [3.63, 3.8) is 0 Å². The first-order valence-electron chi connectivity index (χ1n) is 9.22. The van der Waals surface area contributed by atoms with E-state index >= 15 is 0 Å². The summed E-state index contributed by atoms with van der Waals surface area (Å²) in [5.41, 5.74) is 1.72. The third kappa shape index (κ3) is 4.54. The highest BCUT2D eigenvalue weighted by molar-refractivity contribution is 7.80. The number of hydrogen-bond acceptors (Lipinski definition) is 7. The number of benzene rings is 1. The van der Waals surface area contributed by atoms with Crippen LogP contribution >= 0.6 is 23.6 Å². The summed E-state index contributed by atoms with van der Waals surface area (Å²) in [7, 11) is 2.58. The van der Waals surface area contributed by atoms with Crippen molar-refractivity contribution < 1.29 is 23.5 Å². The number of nitrogens with zero attached hydrogens (tertiary/aromatic N) is 2. The first-order valence-corrected chi connectivity index (χ1v) is 10.4. The van der Waals surface area contributed by atoms with E-state index in [0.29, 0.717) is 46.7 Å². The summed E-state index contributed by atoms with van der Waals surface area (Å²) >= 11 is 6.65. The van der Waals surface area contributed by atoms with E-state index < -0.39 is 11.9 Å². The van der Waals surface area contributed by atoms with Gasteiger partial charge in [-0.15, -0.1) is 11.3 Å². The molecule has 1 saturated heterocycles. The molecule has 1 aliphatic rings. The van der Waals surface area contributed by atoms with Crippen molar-refractivity contribution in [3.05, 3.63) is 46.1 Å². The summed E-state index contributed by atoms with van der Waals surface area (Å²) in [6.07, 6.45) is 0. The van der Waals surface area contributed by atoms with Crippen molar-refractivity contribution in [1.82, 2.24) is 4.90 Å². The van der Waals surface area contributed by atoms with Gasteiger partial charge >= 0.3 is 11.9 Å². The molecule has 1 aromatic heterocycles. The van der Waals surface area contributed by atoms with Crippen LogP contribution in [0.4, 0.5) is 15.1 Å². The van der Waals surface area contributed by atoms with Crippen LogP contribution in [0.5, 0.6) is 0 Å². The van der Waals surface area contributed by atoms with Crippen LogP contribution in [0.25, 0.3) is 0 Å². The van der Waals surface area contributed by atoms with Crippen molar-refractivity contribution in [3.8, 4) is 0 Å². The Kier molecular flexibility index (Phi) is 6.88. The van der Waals surface area contributed by atoms with Crippen LogP contribution in [0.15, 0.2) is 24.3 Å². The molecular formula is C20H22FN3O4S2. The van der Waals surface area contributed by atoms with Crippen LogP contribution in [0.1, 0.15) is 25.6 Å². The lowest BCUT2D eigenvalue weighted by Crippen LogP contribution is -2.50. The van der Waals surface area contributed by atoms with Gasteiger partial charge in [-0.3, -0.25) is 0 Å². The molecule has 1 N–H and O–H groups in total. The van der Waals surface area contributed by atoms with E-state index in [2.05, 4.69) is 10.2 Å². The largest absolute Gasteiger partial charge is 0.465 e. The van der Waals surface area contributed by atoms with Crippen molar-refractivity contribution in [1.29, 1.82) is 0 Å². The van der Waals surface area contributed by atoms with Gasteiger partial charge in [-0.1, -0.05) is 0 Å². The molecule has 2 aromatic rings. The highest BCUT2D eigenvalue weighted by atomic mass is 32.1. The zero-order chi connectivity index (χ0) is 21.8. The fourth-order valence-electron chi connectivity index (χ4n) is 3.23. The maximum absolute atomic E-state index is 13.1. The van der Waals surface area contributed by atoms with Gasteiger partial charge < -0.3 is 24.6 Å². The minimum absolute atomic E-state index is 0.262. The SMILES string of the molecule is COC(=O)c1sc(NC(=S)N2CCN(c3ccc(F)cc3)CC2)c(C(=O)OC)c1C. The van der Waals surface area contributed by atoms with Gasteiger partial charge in [-0.25, -0.2) is 14.0 Å². The molecule has 0 unspecified atom stereocenters. The molecule has 1 fully saturated rings. The van der Waals surface area contributed by atoms with Gasteiger partial charge in [-0.05, 0) is 49.0 Å². The van der Waals surface area contributed by atoms with Crippen LogP contribution < -0.4 is 10.2 Å². The molecule has 7 nitrogen and oxygen atoms in total. The number of carbonyl (C=O) groups is 2. The average molecular weight is 452 g/mol. The van der Waals surface area contributed by atoms with Crippen LogP contribution in [0.2, 0.25) is 0 Å². The summed E-state index contributed by atoms with van der Waals surface area (Å²) in [5.74, 6) is -1.33. The van der Waals surface area contributed by atoms with Gasteiger partial charge in [0.15, 0.2) is 5.11 Å². The fraction of sp³-hybridized carbons (Fsp3) is 0.350. The zero-order valence-corrected chi connectivity index (χ0v) is 18.5. The highest BCUT2D eigenvalue weighted by Gasteiger charge is 2.27. The van der Waals surface area contributed by atoms with Gasteiger partial charge in [0.1, 0.15) is 15.7 Å². The van der Waals surface area contributed by atoms with E-state index in [4.69, 9.17) is 21.7 Å². The Morgan fingerprint density at radius 1 is 1.07 bits per heavy atom. The summed E-state index contributed by atoms with van der Waals surface area (Å²) in [4.78, 5) is 28.8. The number of rotatable bonds is 4. The van der Waals surface area contributed by atoms with E-state index in [-0.39, 0.29) is 11.4 Å². The molecule has 0 amide bonds. The Bertz CT molecular complexity index is 954. The predicted molar refractivity (Wildman–Crippen MR) is 118 cm³/mol. The topological polar surface area (TPSA) is 71.1 Å². The van der Waals surface area contributed by atoms with E-state index in [1.165, 1.54) is 26.4 Å². The molecule has 160 valence electrons. The smallest absolute Gasteiger partial charge is 0.348 e. The number of nitrogens with one attached hydrogen (secondary N) is 1. The summed E-state index contributed by atoms with van der Waals surface area (Å²) in [5, 5.41) is 4.00. The minimum atomic E-state index is -0.551. The molecule has 0 saturated carbocycles. The number of methoxy groups -OCH3 is 2. The number of piperazine rings is 1. The first-order chi connectivity index (χ1) is 14.3. The van der Waals surface area contributed by atoms with Crippen LogP contribution in [0.3, 0.4) is 0 Å². The van der Waals surface area contributed by atoms with E-state index in [1.807, 2.05) is 4.90 Å². The number of thiocarbonyl (C=S) groups is 1. The van der Waals surface area contributed by atoms with Gasteiger partial charge in [-0.2, -0.15) is 0 Å². The summed E-state index contributed by atoms with van der Waals surface area (Å²) in [6.45, 7) is 4.42. The first kappa shape index (κ1) is 22.0. The number of halogens is 1. The molecule has 0 bridgehead atoms. The second kappa shape index (κ2) is 9.40. The molecule has 2 heterocycles. The number of thiophene rings is 1. The maximum Gasteiger partial charge on any atom is 0.348 e. The Morgan fingerprint density at radius 2 is 1.67 bits per heavy atom. The second-order valence-electron chi connectivity index (χ2n) is 6.62. The lowest BCUT2D eigenvalue weighted by Gasteiger charge is -2.37. The Balaban J connectivity index is 1.71. The van der Waals surface area contributed by atoms with Crippen LogP contribution in [-0.4, -0.2) is 62.3 Å². The molecule has 30 heavy (non-hydrogen) atoms. The molecule has 0 radical (unpaired) electrons. The van der Waals surface area contributed by atoms with Crippen LogP contribution in [-0.2, 0) is 9.47 Å². The zero-order valence-electron chi connectivity index (χ0n) is 16.9. The highest BCUT2D eigenvalue weighted by Crippen LogP contribution is 2.34. The third-order valence-electron chi connectivity index (χ3n) is 4.89. The monoisotopic (exact) mass is 451 g/mol. The summed E-state index contributed by atoms with van der Waals surface area (Å²) in [6, 6.07) is 6.40. The third-order valence-corrected chi connectivity index (χ3v) is 6.43. The molecule has 10 heteroatoms. The Hall–Kier alpha value is -2.72. The molecule has 1 aromatic carbocycles. The average Bonchev–Trinajstić information content (AvgIpc) is 3.09. The van der Waals surface area contributed by atoms with E-state index in [1.54, 1.807) is 19.1 Å². The normalized spacial score (nSPS) is 13.7. The molecule has 3 rings (SSSR count). The predicted octanol–water partition coefficient (Wildman–Crippen LogP) is 3.29. The summed E-state index contributed by atoms with van der Waals surface area (Å²) < 4.78 is 22.8. The van der Waals surface area contributed by atoms with Gasteiger partial charge in [0.25, 0.3) is 0 Å². The second-order valence-corrected chi connectivity index (χ2v) is 8.03. The van der Waals surface area contributed by atoms with Gasteiger partial charge in [0.05, 0.1) is 19.8 Å². The molecule has 1 aliphatic heterocycles. The fourth-order valence-corrected chi connectivity index (χ4v) is 4.69. The molecule has 0 spiro atoms. The number of ether oxygens (including phenoxy) is 2. The quantitative estimate of drug-likeness (QED) is 0.561. The maximum atomic E-state index is 13.1. The number of esters is 2. The lowest BCUT2D eigenvalue weighted by atomic mass is 10.1. The lowest BCUT2D eigenvalue weighted by molar-refractivity contribution is 0.0601. The Labute approximate surface area is 183 Å². The van der Waals surface area contributed by atoms with Crippen LogP contribution in [0, 0.1) is 12.7 Å². The van der Waals surface area contributed by atoms with Crippen molar-refractivity contribution in [2.24, 2.45) is 0 Å². The number of anilines is 2. The van der Waals surface area contributed by atoms with Crippen molar-refractivity contribution in [2.45, 2.75) is 6.92 Å². The standard InChI is InChI=1S/C20H22FN3O4S2/c1-12-15(18(25)27-2)17(30-16(12)19(26)28-3)22-20(29)24-10-8-23(9-11-24)14-6-4-13(21)5-7-14/h4-7H,8-11H2,1-3H3,(H,22,29). The van der Waals surface area contributed by atoms with Gasteiger partial charge in [0.2, 0.25) is 0 Å². The molecule has 0 aliphatic carbocycles. The van der Waals surface area contributed by atoms with Crippen molar-refractivity contribution in [2.75, 3.05) is 50.6 Å². The Morgan fingerprint density at radius 3 is 2.23 bits per heavy atom. The molecule has 0 atom stereocenters. The van der Waals surface area contributed by atoms with Gasteiger partial charge in [0, 0.05) is 31.9 Å². The van der Waals surface area contributed by atoms with Crippen molar-refractivity contribution >= 4 is 51.3 Å². The minimum Gasteiger partial charge on any atom is -0.465 e.